The fourth-order valence-corrected chi connectivity index (χ4v) is 3.43. The standard InChI is InChI=1S/C21H28O5/c1-5-13(2)8-6-7-9-19(25)26-20-14(3)21(4)12-18(24)16(22)10-15(21)11-17(20)23/h6-10,12-14,17,20,23-24H,5,11H2,1-4H3/b8-6+,9-7+/t13-,14-,17+,20+,21+/m0/s1. The summed E-state index contributed by atoms with van der Waals surface area (Å²) in [6.07, 6.45) is 9.32. The first-order chi connectivity index (χ1) is 12.2. The number of ketones is 1. The third-order valence-corrected chi connectivity index (χ3v) is 5.61. The van der Waals surface area contributed by atoms with Crippen molar-refractivity contribution < 1.29 is 24.5 Å². The molecule has 2 N–H and O–H groups in total. The van der Waals surface area contributed by atoms with Crippen molar-refractivity contribution >= 4 is 11.8 Å². The molecule has 0 aliphatic heterocycles. The molecular formula is C21H28O5. The average molecular weight is 360 g/mol. The summed E-state index contributed by atoms with van der Waals surface area (Å²) in [5.41, 5.74) is 0.113. The van der Waals surface area contributed by atoms with E-state index in [0.29, 0.717) is 5.92 Å². The maximum absolute atomic E-state index is 12.1. The number of carbonyl (C=O) groups excluding carboxylic acids is 2. The second-order valence-corrected chi connectivity index (χ2v) is 7.44. The van der Waals surface area contributed by atoms with Crippen molar-refractivity contribution in [2.75, 3.05) is 0 Å². The zero-order valence-corrected chi connectivity index (χ0v) is 15.8. The van der Waals surface area contributed by atoms with Gasteiger partial charge in [0.2, 0.25) is 5.78 Å². The molecule has 2 aliphatic rings. The Bertz CT molecular complexity index is 685. The third kappa shape index (κ3) is 4.15. The Morgan fingerprint density at radius 2 is 2.15 bits per heavy atom. The van der Waals surface area contributed by atoms with E-state index < -0.39 is 29.4 Å². The molecule has 0 unspecified atom stereocenters. The minimum Gasteiger partial charge on any atom is -0.504 e. The summed E-state index contributed by atoms with van der Waals surface area (Å²) in [6, 6.07) is 0. The average Bonchev–Trinajstić information content (AvgIpc) is 2.59. The van der Waals surface area contributed by atoms with E-state index >= 15 is 0 Å². The second-order valence-electron chi connectivity index (χ2n) is 7.44. The first kappa shape index (κ1) is 20.2. The molecule has 0 aromatic rings. The fraction of sp³-hybridized carbons (Fsp3) is 0.524. The number of carbonyl (C=O) groups is 2. The molecule has 0 heterocycles. The molecule has 26 heavy (non-hydrogen) atoms. The van der Waals surface area contributed by atoms with Crippen LogP contribution >= 0.6 is 0 Å². The number of esters is 1. The van der Waals surface area contributed by atoms with Crippen LogP contribution < -0.4 is 0 Å². The third-order valence-electron chi connectivity index (χ3n) is 5.61. The van der Waals surface area contributed by atoms with Gasteiger partial charge in [0.15, 0.2) is 5.76 Å². The van der Waals surface area contributed by atoms with Crippen LogP contribution in [0, 0.1) is 17.3 Å². The van der Waals surface area contributed by atoms with Gasteiger partial charge in [0.1, 0.15) is 6.10 Å². The van der Waals surface area contributed by atoms with Crippen LogP contribution in [0.4, 0.5) is 0 Å². The molecule has 5 atom stereocenters. The van der Waals surface area contributed by atoms with Crippen molar-refractivity contribution in [1.82, 2.24) is 0 Å². The van der Waals surface area contributed by atoms with Crippen molar-refractivity contribution in [2.24, 2.45) is 17.3 Å². The summed E-state index contributed by atoms with van der Waals surface area (Å²) >= 11 is 0. The molecule has 0 radical (unpaired) electrons. The predicted octanol–water partition coefficient (Wildman–Crippen LogP) is 3.41. The van der Waals surface area contributed by atoms with Crippen LogP contribution in [0.2, 0.25) is 0 Å². The maximum Gasteiger partial charge on any atom is 0.331 e. The number of aliphatic hydroxyl groups excluding tert-OH is 2. The van der Waals surface area contributed by atoms with Crippen molar-refractivity contribution in [2.45, 2.75) is 52.7 Å². The summed E-state index contributed by atoms with van der Waals surface area (Å²) in [5, 5.41) is 20.2. The van der Waals surface area contributed by atoms with Crippen LogP contribution in [-0.4, -0.2) is 34.2 Å². The summed E-state index contributed by atoms with van der Waals surface area (Å²) < 4.78 is 5.49. The van der Waals surface area contributed by atoms with Crippen LogP contribution in [-0.2, 0) is 14.3 Å². The summed E-state index contributed by atoms with van der Waals surface area (Å²) in [4.78, 5) is 23.8. The monoisotopic (exact) mass is 360 g/mol. The lowest BCUT2D eigenvalue weighted by atomic mass is 9.61. The number of fused-ring (bicyclic) bond motifs is 1. The fourth-order valence-electron chi connectivity index (χ4n) is 3.43. The van der Waals surface area contributed by atoms with Gasteiger partial charge in [0, 0.05) is 17.4 Å². The van der Waals surface area contributed by atoms with Crippen LogP contribution in [0.3, 0.4) is 0 Å². The van der Waals surface area contributed by atoms with Gasteiger partial charge in [-0.15, -0.1) is 0 Å². The Labute approximate surface area is 154 Å². The van der Waals surface area contributed by atoms with Crippen molar-refractivity contribution in [3.05, 3.63) is 47.8 Å². The minimum atomic E-state index is -0.890. The Morgan fingerprint density at radius 1 is 1.46 bits per heavy atom. The highest BCUT2D eigenvalue weighted by atomic mass is 16.6. The Balaban J connectivity index is 2.10. The molecule has 0 spiro atoms. The van der Waals surface area contributed by atoms with Gasteiger partial charge in [-0.1, -0.05) is 57.9 Å². The number of hydrogen-bond donors (Lipinski definition) is 2. The van der Waals surface area contributed by atoms with Gasteiger partial charge >= 0.3 is 5.97 Å². The highest BCUT2D eigenvalue weighted by Crippen LogP contribution is 2.49. The van der Waals surface area contributed by atoms with Crippen molar-refractivity contribution in [3.8, 4) is 0 Å². The van der Waals surface area contributed by atoms with Crippen LogP contribution in [0.15, 0.2) is 47.8 Å². The Hall–Kier alpha value is -2.14. The lowest BCUT2D eigenvalue weighted by Gasteiger charge is -2.47. The summed E-state index contributed by atoms with van der Waals surface area (Å²) in [7, 11) is 0. The molecule has 5 heteroatoms. The second kappa shape index (κ2) is 8.04. The normalized spacial score (nSPS) is 33.0. The molecule has 2 rings (SSSR count). The maximum atomic E-state index is 12.1. The number of rotatable bonds is 5. The summed E-state index contributed by atoms with van der Waals surface area (Å²) in [6.45, 7) is 7.91. The molecule has 0 aromatic heterocycles. The molecular weight excluding hydrogens is 332 g/mol. The van der Waals surface area contributed by atoms with Gasteiger partial charge in [-0.05, 0) is 24.5 Å². The molecule has 0 bridgehead atoms. The predicted molar refractivity (Wildman–Crippen MR) is 99.3 cm³/mol. The van der Waals surface area contributed by atoms with E-state index in [-0.39, 0.29) is 18.1 Å². The quantitative estimate of drug-likeness (QED) is 0.446. The largest absolute Gasteiger partial charge is 0.504 e. The van der Waals surface area contributed by atoms with Crippen molar-refractivity contribution in [1.29, 1.82) is 0 Å². The topological polar surface area (TPSA) is 83.8 Å². The van der Waals surface area contributed by atoms with Gasteiger partial charge in [-0.2, -0.15) is 0 Å². The smallest absolute Gasteiger partial charge is 0.331 e. The van der Waals surface area contributed by atoms with E-state index in [2.05, 4.69) is 13.8 Å². The van der Waals surface area contributed by atoms with E-state index in [1.54, 1.807) is 6.08 Å². The van der Waals surface area contributed by atoms with Gasteiger partial charge in [0.25, 0.3) is 0 Å². The molecule has 0 saturated heterocycles. The molecule has 1 fully saturated rings. The molecule has 0 aromatic carbocycles. The molecule has 5 nitrogen and oxygen atoms in total. The highest BCUT2D eigenvalue weighted by Gasteiger charge is 2.49. The highest BCUT2D eigenvalue weighted by molar-refractivity contribution is 6.04. The molecule has 142 valence electrons. The molecule has 0 amide bonds. The number of hydrogen-bond acceptors (Lipinski definition) is 5. The summed E-state index contributed by atoms with van der Waals surface area (Å²) in [5.74, 6) is -1.14. The van der Waals surface area contributed by atoms with E-state index in [4.69, 9.17) is 4.74 Å². The van der Waals surface area contributed by atoms with Gasteiger partial charge < -0.3 is 14.9 Å². The number of ether oxygens (including phenoxy) is 1. The van der Waals surface area contributed by atoms with Crippen LogP contribution in [0.1, 0.15) is 40.5 Å². The molecule has 1 saturated carbocycles. The lowest BCUT2D eigenvalue weighted by molar-refractivity contribution is -0.158. The van der Waals surface area contributed by atoms with E-state index in [1.807, 2.05) is 26.0 Å². The number of aliphatic hydroxyl groups is 2. The van der Waals surface area contributed by atoms with Gasteiger partial charge in [-0.3, -0.25) is 4.79 Å². The van der Waals surface area contributed by atoms with Crippen molar-refractivity contribution in [3.63, 3.8) is 0 Å². The van der Waals surface area contributed by atoms with E-state index in [9.17, 15) is 19.8 Å². The van der Waals surface area contributed by atoms with Crippen LogP contribution in [0.5, 0.6) is 0 Å². The number of allylic oxidation sites excluding steroid dienone is 5. The Kier molecular flexibility index (Phi) is 6.24. The van der Waals surface area contributed by atoms with Gasteiger partial charge in [-0.25, -0.2) is 4.79 Å². The first-order valence-electron chi connectivity index (χ1n) is 9.09. The SMILES string of the molecule is CC[C@H](C)/C=C/C=C/C(=O)O[C@H]1[C@H](O)CC2=CC(=O)C(O)=C[C@]2(C)[C@H]1C. The van der Waals surface area contributed by atoms with E-state index in [0.717, 1.165) is 12.0 Å². The van der Waals surface area contributed by atoms with E-state index in [1.165, 1.54) is 18.2 Å². The molecule has 2 aliphatic carbocycles. The minimum absolute atomic E-state index is 0.228. The zero-order chi connectivity index (χ0) is 19.5. The Morgan fingerprint density at radius 3 is 2.81 bits per heavy atom. The zero-order valence-electron chi connectivity index (χ0n) is 15.8. The van der Waals surface area contributed by atoms with Gasteiger partial charge in [0.05, 0.1) is 6.10 Å². The first-order valence-corrected chi connectivity index (χ1v) is 9.09. The van der Waals surface area contributed by atoms with Crippen LogP contribution in [0.25, 0.3) is 0 Å². The lowest BCUT2D eigenvalue weighted by Crippen LogP contribution is -2.50.